The van der Waals surface area contributed by atoms with Crippen LogP contribution in [0.15, 0.2) is 12.7 Å². The Balaban J connectivity index is 2.49. The molecule has 0 aromatic heterocycles. The molecular formula is C13H23NO. The number of ketones is 1. The summed E-state index contributed by atoms with van der Waals surface area (Å²) in [6.45, 7) is 12.5. The van der Waals surface area contributed by atoms with Crippen LogP contribution in [0.25, 0.3) is 0 Å². The summed E-state index contributed by atoms with van der Waals surface area (Å²) in [4.78, 5) is 13.8. The van der Waals surface area contributed by atoms with Gasteiger partial charge < -0.3 is 0 Å². The van der Waals surface area contributed by atoms with Crippen LogP contribution >= 0.6 is 0 Å². The lowest BCUT2D eigenvalue weighted by molar-refractivity contribution is -0.116. The largest absolute Gasteiger partial charge is 0.298 e. The Kier molecular flexibility index (Phi) is 4.09. The minimum absolute atomic E-state index is 0.191. The molecule has 0 amide bonds. The van der Waals surface area contributed by atoms with Gasteiger partial charge in [0, 0.05) is 18.5 Å². The molecule has 0 unspecified atom stereocenters. The smallest absolute Gasteiger partial charge is 0.155 e. The van der Waals surface area contributed by atoms with E-state index in [4.69, 9.17) is 0 Å². The number of carbonyl (C=O) groups excluding carboxylic acids is 1. The highest BCUT2D eigenvalue weighted by atomic mass is 16.1. The van der Waals surface area contributed by atoms with Gasteiger partial charge in [0.2, 0.25) is 0 Å². The van der Waals surface area contributed by atoms with Crippen LogP contribution in [0.2, 0.25) is 0 Å². The van der Waals surface area contributed by atoms with Crippen molar-refractivity contribution in [3.63, 3.8) is 0 Å². The summed E-state index contributed by atoms with van der Waals surface area (Å²) in [5.41, 5.74) is 0.232. The predicted octanol–water partition coefficient (Wildman–Crippen LogP) is 2.64. The van der Waals surface area contributed by atoms with Crippen molar-refractivity contribution in [3.05, 3.63) is 12.7 Å². The number of nitrogens with zero attached hydrogens (tertiary/aromatic N) is 1. The summed E-state index contributed by atoms with van der Waals surface area (Å²) in [6, 6.07) is 0. The summed E-state index contributed by atoms with van der Waals surface area (Å²) in [5.74, 6) is 0.722. The maximum atomic E-state index is 11.3. The van der Waals surface area contributed by atoms with Gasteiger partial charge in [-0.05, 0) is 52.2 Å². The highest BCUT2D eigenvalue weighted by Gasteiger charge is 2.28. The molecule has 1 rings (SSSR count). The van der Waals surface area contributed by atoms with Gasteiger partial charge in [0.1, 0.15) is 0 Å². The van der Waals surface area contributed by atoms with Gasteiger partial charge in [0.25, 0.3) is 0 Å². The van der Waals surface area contributed by atoms with Crippen LogP contribution in [0, 0.1) is 5.92 Å². The van der Waals surface area contributed by atoms with E-state index in [-0.39, 0.29) is 11.3 Å². The van der Waals surface area contributed by atoms with E-state index in [0.717, 1.165) is 6.54 Å². The monoisotopic (exact) mass is 209 g/mol. The van der Waals surface area contributed by atoms with E-state index in [1.807, 2.05) is 0 Å². The van der Waals surface area contributed by atoms with E-state index in [1.54, 1.807) is 0 Å². The number of piperidine rings is 1. The molecule has 0 radical (unpaired) electrons. The lowest BCUT2D eigenvalue weighted by Crippen LogP contribution is -2.47. The Morgan fingerprint density at radius 3 is 2.73 bits per heavy atom. The van der Waals surface area contributed by atoms with Crippen LogP contribution in [0.4, 0.5) is 0 Å². The third-order valence-electron chi connectivity index (χ3n) is 3.19. The number of hydrogen-bond acceptors (Lipinski definition) is 2. The van der Waals surface area contributed by atoms with E-state index in [2.05, 4.69) is 32.3 Å². The molecule has 0 bridgehead atoms. The molecule has 1 heterocycles. The van der Waals surface area contributed by atoms with E-state index >= 15 is 0 Å². The quantitative estimate of drug-likeness (QED) is 0.666. The van der Waals surface area contributed by atoms with Gasteiger partial charge in [-0.2, -0.15) is 0 Å². The van der Waals surface area contributed by atoms with Crippen LogP contribution in [0.3, 0.4) is 0 Å². The number of rotatable bonds is 3. The van der Waals surface area contributed by atoms with Crippen molar-refractivity contribution in [2.24, 2.45) is 5.92 Å². The second-order valence-corrected chi connectivity index (χ2v) is 5.50. The van der Waals surface area contributed by atoms with Gasteiger partial charge in [0.05, 0.1) is 0 Å². The fraction of sp³-hybridized carbons (Fsp3) is 0.769. The Morgan fingerprint density at radius 2 is 2.20 bits per heavy atom. The Hall–Kier alpha value is -0.630. The molecule has 0 aromatic carbocycles. The summed E-state index contributed by atoms with van der Waals surface area (Å²) in [7, 11) is 0. The van der Waals surface area contributed by atoms with Crippen molar-refractivity contribution in [1.29, 1.82) is 0 Å². The highest BCUT2D eigenvalue weighted by molar-refractivity contribution is 5.89. The molecule has 2 nitrogen and oxygen atoms in total. The van der Waals surface area contributed by atoms with Crippen molar-refractivity contribution >= 4 is 5.78 Å². The van der Waals surface area contributed by atoms with Crippen molar-refractivity contribution in [1.82, 2.24) is 4.90 Å². The Morgan fingerprint density at radius 1 is 1.53 bits per heavy atom. The maximum absolute atomic E-state index is 11.3. The van der Waals surface area contributed by atoms with Crippen LogP contribution in [-0.2, 0) is 4.79 Å². The van der Waals surface area contributed by atoms with Gasteiger partial charge in [0.15, 0.2) is 5.78 Å². The molecule has 1 aliphatic rings. The fourth-order valence-electron chi connectivity index (χ4n) is 2.21. The fourth-order valence-corrected chi connectivity index (χ4v) is 2.21. The van der Waals surface area contributed by atoms with E-state index in [9.17, 15) is 4.79 Å². The maximum Gasteiger partial charge on any atom is 0.155 e. The first-order valence-electron chi connectivity index (χ1n) is 5.84. The van der Waals surface area contributed by atoms with Crippen LogP contribution in [0.1, 0.15) is 40.0 Å². The lowest BCUT2D eigenvalue weighted by Gasteiger charge is -2.41. The molecule has 15 heavy (non-hydrogen) atoms. The molecule has 0 aliphatic carbocycles. The zero-order chi connectivity index (χ0) is 11.5. The average molecular weight is 209 g/mol. The highest BCUT2D eigenvalue weighted by Crippen LogP contribution is 2.25. The molecule has 1 saturated heterocycles. The second-order valence-electron chi connectivity index (χ2n) is 5.50. The van der Waals surface area contributed by atoms with Gasteiger partial charge >= 0.3 is 0 Å². The SMILES string of the molecule is C=CC(=O)C[C@H]1CCCN(C(C)(C)C)C1. The molecule has 2 heteroatoms. The minimum atomic E-state index is 0.191. The summed E-state index contributed by atoms with van der Waals surface area (Å²) in [5, 5.41) is 0. The second kappa shape index (κ2) is 4.93. The number of likely N-dealkylation sites (tertiary alicyclic amines) is 1. The van der Waals surface area contributed by atoms with E-state index in [0.29, 0.717) is 12.3 Å². The molecule has 0 saturated carbocycles. The van der Waals surface area contributed by atoms with Crippen molar-refractivity contribution in [3.8, 4) is 0 Å². The molecule has 0 N–H and O–H groups in total. The van der Waals surface area contributed by atoms with Gasteiger partial charge in [-0.25, -0.2) is 0 Å². The normalized spacial score (nSPS) is 23.8. The summed E-state index contributed by atoms with van der Waals surface area (Å²) < 4.78 is 0. The van der Waals surface area contributed by atoms with Crippen molar-refractivity contribution in [2.45, 2.75) is 45.6 Å². The van der Waals surface area contributed by atoms with Crippen LogP contribution in [-0.4, -0.2) is 29.3 Å². The average Bonchev–Trinajstić information content (AvgIpc) is 2.17. The predicted molar refractivity (Wildman–Crippen MR) is 63.9 cm³/mol. The molecular weight excluding hydrogens is 186 g/mol. The molecule has 1 atom stereocenters. The minimum Gasteiger partial charge on any atom is -0.298 e. The molecule has 86 valence electrons. The first-order valence-corrected chi connectivity index (χ1v) is 5.84. The molecule has 1 aliphatic heterocycles. The summed E-state index contributed by atoms with van der Waals surface area (Å²) in [6.07, 6.45) is 4.53. The lowest BCUT2D eigenvalue weighted by atomic mass is 9.90. The topological polar surface area (TPSA) is 20.3 Å². The molecule has 0 aromatic rings. The number of allylic oxidation sites excluding steroid dienone is 1. The third-order valence-corrected chi connectivity index (χ3v) is 3.19. The Labute approximate surface area is 93.3 Å². The molecule has 1 fully saturated rings. The standard InChI is InChI=1S/C13H23NO/c1-5-12(15)9-11-7-6-8-14(10-11)13(2,3)4/h5,11H,1,6-10H2,2-4H3/t11-/m1/s1. The van der Waals surface area contributed by atoms with Crippen LogP contribution < -0.4 is 0 Å². The number of carbonyl (C=O) groups is 1. The van der Waals surface area contributed by atoms with Gasteiger partial charge in [-0.1, -0.05) is 6.58 Å². The van der Waals surface area contributed by atoms with Crippen molar-refractivity contribution < 1.29 is 4.79 Å². The number of hydrogen-bond donors (Lipinski definition) is 0. The first-order chi connectivity index (χ1) is 6.93. The first kappa shape index (κ1) is 12.4. The Bertz CT molecular complexity index is 239. The van der Waals surface area contributed by atoms with Crippen LogP contribution in [0.5, 0.6) is 0 Å². The van der Waals surface area contributed by atoms with Gasteiger partial charge in [-0.15, -0.1) is 0 Å². The molecule has 0 spiro atoms. The van der Waals surface area contributed by atoms with E-state index in [1.165, 1.54) is 25.5 Å². The van der Waals surface area contributed by atoms with Crippen molar-refractivity contribution in [2.75, 3.05) is 13.1 Å². The zero-order valence-corrected chi connectivity index (χ0v) is 10.3. The summed E-state index contributed by atoms with van der Waals surface area (Å²) >= 11 is 0. The third kappa shape index (κ3) is 3.78. The zero-order valence-electron chi connectivity index (χ0n) is 10.3. The van der Waals surface area contributed by atoms with Gasteiger partial charge in [-0.3, -0.25) is 9.69 Å². The van der Waals surface area contributed by atoms with E-state index < -0.39 is 0 Å².